The molecule has 1 heterocycles. The fourth-order valence-corrected chi connectivity index (χ4v) is 1.29. The summed E-state index contributed by atoms with van der Waals surface area (Å²) in [6.07, 6.45) is 2.69. The van der Waals surface area contributed by atoms with Crippen molar-refractivity contribution >= 4 is 5.91 Å². The number of amides is 1. The molecule has 1 unspecified atom stereocenters. The predicted molar refractivity (Wildman–Crippen MR) is 42.1 cm³/mol. The first-order chi connectivity index (χ1) is 5.10. The molecular formula is C8H15NO2. The minimum Gasteiger partial charge on any atom is -0.390 e. The van der Waals surface area contributed by atoms with Crippen LogP contribution in [-0.4, -0.2) is 23.2 Å². The first-order valence-corrected chi connectivity index (χ1v) is 4.09. The Kier molecular flexibility index (Phi) is 2.49. The highest BCUT2D eigenvalue weighted by Gasteiger charge is 2.22. The number of rotatable bonds is 0. The van der Waals surface area contributed by atoms with E-state index in [4.69, 9.17) is 0 Å². The Hall–Kier alpha value is -0.570. The molecule has 11 heavy (non-hydrogen) atoms. The molecule has 3 heteroatoms. The van der Waals surface area contributed by atoms with E-state index in [1.54, 1.807) is 6.92 Å². The average Bonchev–Trinajstić information content (AvgIpc) is 1.92. The first kappa shape index (κ1) is 8.53. The average molecular weight is 157 g/mol. The fraction of sp³-hybridized carbons (Fsp3) is 0.875. The third-order valence-electron chi connectivity index (χ3n) is 2.10. The van der Waals surface area contributed by atoms with Crippen LogP contribution in [-0.2, 0) is 4.79 Å². The van der Waals surface area contributed by atoms with Crippen LogP contribution in [0.25, 0.3) is 0 Å². The lowest BCUT2D eigenvalue weighted by molar-refractivity contribution is -0.123. The lowest BCUT2D eigenvalue weighted by Crippen LogP contribution is -2.34. The maximum Gasteiger partial charge on any atom is 0.220 e. The number of hydrogen-bond donors (Lipinski definition) is 2. The lowest BCUT2D eigenvalue weighted by atomic mass is 9.93. The van der Waals surface area contributed by atoms with Crippen LogP contribution in [0.4, 0.5) is 0 Å². The standard InChI is InChI=1S/C8H15NO2/c1-8(11)4-2-6-9-7(10)3-5-8/h11H,2-6H2,1H3,(H,9,10). The SMILES string of the molecule is CC1(O)CCCNC(=O)CC1. The second kappa shape index (κ2) is 3.22. The van der Waals surface area contributed by atoms with E-state index < -0.39 is 5.60 Å². The van der Waals surface area contributed by atoms with E-state index in [9.17, 15) is 9.90 Å². The topological polar surface area (TPSA) is 49.3 Å². The van der Waals surface area contributed by atoms with Gasteiger partial charge in [0.25, 0.3) is 0 Å². The van der Waals surface area contributed by atoms with E-state index >= 15 is 0 Å². The largest absolute Gasteiger partial charge is 0.390 e. The zero-order valence-electron chi connectivity index (χ0n) is 6.89. The highest BCUT2D eigenvalue weighted by Crippen LogP contribution is 2.19. The fourth-order valence-electron chi connectivity index (χ4n) is 1.29. The summed E-state index contributed by atoms with van der Waals surface area (Å²) in [4.78, 5) is 10.9. The monoisotopic (exact) mass is 157 g/mol. The van der Waals surface area contributed by atoms with Crippen LogP contribution in [0.15, 0.2) is 0 Å². The number of carbonyl (C=O) groups excluding carboxylic acids is 1. The van der Waals surface area contributed by atoms with Gasteiger partial charge in [0, 0.05) is 13.0 Å². The van der Waals surface area contributed by atoms with Crippen LogP contribution < -0.4 is 5.32 Å². The van der Waals surface area contributed by atoms with E-state index in [1.165, 1.54) is 0 Å². The normalized spacial score (nSPS) is 33.8. The van der Waals surface area contributed by atoms with Crippen LogP contribution in [0, 0.1) is 0 Å². The molecule has 0 aromatic carbocycles. The van der Waals surface area contributed by atoms with Crippen molar-refractivity contribution in [2.45, 2.75) is 38.2 Å². The van der Waals surface area contributed by atoms with Crippen molar-refractivity contribution in [2.24, 2.45) is 0 Å². The van der Waals surface area contributed by atoms with Crippen LogP contribution in [0.2, 0.25) is 0 Å². The molecule has 1 aliphatic heterocycles. The molecule has 0 bridgehead atoms. The zero-order chi connectivity index (χ0) is 8.32. The van der Waals surface area contributed by atoms with Crippen LogP contribution in [0.1, 0.15) is 32.6 Å². The van der Waals surface area contributed by atoms with Crippen molar-refractivity contribution in [3.05, 3.63) is 0 Å². The second-order valence-electron chi connectivity index (χ2n) is 3.45. The maximum atomic E-state index is 10.9. The number of hydrogen-bond acceptors (Lipinski definition) is 2. The van der Waals surface area contributed by atoms with Gasteiger partial charge in [-0.1, -0.05) is 0 Å². The minimum absolute atomic E-state index is 0.0602. The molecule has 2 N–H and O–H groups in total. The number of nitrogens with one attached hydrogen (secondary N) is 1. The Morgan fingerprint density at radius 2 is 2.27 bits per heavy atom. The summed E-state index contributed by atoms with van der Waals surface area (Å²) in [6, 6.07) is 0. The summed E-state index contributed by atoms with van der Waals surface area (Å²) >= 11 is 0. The summed E-state index contributed by atoms with van der Waals surface area (Å²) in [6.45, 7) is 2.50. The smallest absolute Gasteiger partial charge is 0.220 e. The van der Waals surface area contributed by atoms with Gasteiger partial charge in [0.15, 0.2) is 0 Å². The third-order valence-corrected chi connectivity index (χ3v) is 2.10. The Balaban J connectivity index is 2.44. The van der Waals surface area contributed by atoms with Crippen molar-refractivity contribution in [1.29, 1.82) is 0 Å². The van der Waals surface area contributed by atoms with Gasteiger partial charge in [0.2, 0.25) is 5.91 Å². The Morgan fingerprint density at radius 1 is 1.55 bits per heavy atom. The lowest BCUT2D eigenvalue weighted by Gasteiger charge is -2.25. The highest BCUT2D eigenvalue weighted by atomic mass is 16.3. The van der Waals surface area contributed by atoms with E-state index in [1.807, 2.05) is 0 Å². The van der Waals surface area contributed by atoms with Gasteiger partial charge in [-0.25, -0.2) is 0 Å². The molecular weight excluding hydrogens is 142 g/mol. The van der Waals surface area contributed by atoms with Crippen LogP contribution in [0.3, 0.4) is 0 Å². The molecule has 1 atom stereocenters. The van der Waals surface area contributed by atoms with Crippen molar-refractivity contribution < 1.29 is 9.90 Å². The molecule has 0 radical (unpaired) electrons. The molecule has 0 aromatic heterocycles. The highest BCUT2D eigenvalue weighted by molar-refractivity contribution is 5.75. The van der Waals surface area contributed by atoms with Crippen molar-refractivity contribution in [2.75, 3.05) is 6.54 Å². The van der Waals surface area contributed by atoms with Gasteiger partial charge in [-0.15, -0.1) is 0 Å². The van der Waals surface area contributed by atoms with Gasteiger partial charge in [0.05, 0.1) is 5.60 Å². The maximum absolute atomic E-state index is 10.9. The first-order valence-electron chi connectivity index (χ1n) is 4.09. The number of carbonyl (C=O) groups is 1. The Morgan fingerprint density at radius 3 is 3.00 bits per heavy atom. The van der Waals surface area contributed by atoms with Gasteiger partial charge in [0.1, 0.15) is 0 Å². The van der Waals surface area contributed by atoms with Crippen molar-refractivity contribution in [3.63, 3.8) is 0 Å². The minimum atomic E-state index is -0.627. The van der Waals surface area contributed by atoms with Gasteiger partial charge in [-0.2, -0.15) is 0 Å². The van der Waals surface area contributed by atoms with Gasteiger partial charge < -0.3 is 10.4 Å². The molecule has 0 aliphatic carbocycles. The molecule has 0 saturated carbocycles. The molecule has 1 amide bonds. The molecule has 1 rings (SSSR count). The van der Waals surface area contributed by atoms with E-state index in [0.717, 1.165) is 12.8 Å². The molecule has 3 nitrogen and oxygen atoms in total. The zero-order valence-corrected chi connectivity index (χ0v) is 6.89. The van der Waals surface area contributed by atoms with E-state index in [0.29, 0.717) is 19.4 Å². The van der Waals surface area contributed by atoms with Crippen molar-refractivity contribution in [1.82, 2.24) is 5.32 Å². The van der Waals surface area contributed by atoms with Crippen LogP contribution in [0.5, 0.6) is 0 Å². The molecule has 1 aliphatic rings. The summed E-state index contributed by atoms with van der Waals surface area (Å²) in [5.74, 6) is 0.0602. The molecule has 0 aromatic rings. The predicted octanol–water partition coefficient (Wildman–Crippen LogP) is 0.428. The quantitative estimate of drug-likeness (QED) is 0.535. The van der Waals surface area contributed by atoms with Gasteiger partial charge >= 0.3 is 0 Å². The van der Waals surface area contributed by atoms with Crippen LogP contribution >= 0.6 is 0 Å². The van der Waals surface area contributed by atoms with Crippen molar-refractivity contribution in [3.8, 4) is 0 Å². The van der Waals surface area contributed by atoms with E-state index in [2.05, 4.69) is 5.32 Å². The summed E-state index contributed by atoms with van der Waals surface area (Å²) in [5.41, 5.74) is -0.627. The molecule has 0 spiro atoms. The Bertz CT molecular complexity index is 154. The second-order valence-corrected chi connectivity index (χ2v) is 3.45. The summed E-state index contributed by atoms with van der Waals surface area (Å²) < 4.78 is 0. The molecule has 64 valence electrons. The van der Waals surface area contributed by atoms with Gasteiger partial charge in [-0.05, 0) is 26.2 Å². The van der Waals surface area contributed by atoms with E-state index in [-0.39, 0.29) is 5.91 Å². The summed E-state index contributed by atoms with van der Waals surface area (Å²) in [7, 11) is 0. The summed E-state index contributed by atoms with van der Waals surface area (Å²) in [5, 5.41) is 12.4. The van der Waals surface area contributed by atoms with Gasteiger partial charge in [-0.3, -0.25) is 4.79 Å². The third kappa shape index (κ3) is 2.89. The Labute approximate surface area is 66.8 Å². The molecule has 1 fully saturated rings. The number of aliphatic hydroxyl groups is 1. The molecule has 1 saturated heterocycles.